The van der Waals surface area contributed by atoms with Crippen LogP contribution in [0.2, 0.25) is 0 Å². The molecule has 0 aromatic heterocycles. The molecular weight excluding hydrogens is 224 g/mol. The molecule has 4 heteroatoms. The van der Waals surface area contributed by atoms with Gasteiger partial charge < -0.3 is 10.8 Å². The topological polar surface area (TPSA) is 70.0 Å². The van der Waals surface area contributed by atoms with Crippen LogP contribution in [0.3, 0.4) is 0 Å². The number of hydrogen-bond acceptors (Lipinski definition) is 3. The maximum absolute atomic E-state index is 9.19. The van der Waals surface area contributed by atoms with Gasteiger partial charge in [-0.1, -0.05) is 26.0 Å². The van der Waals surface area contributed by atoms with Gasteiger partial charge in [-0.15, -0.1) is 12.4 Å². The van der Waals surface area contributed by atoms with E-state index < -0.39 is 0 Å². The van der Waals surface area contributed by atoms with Crippen molar-refractivity contribution in [3.8, 4) is 6.07 Å². The van der Waals surface area contributed by atoms with E-state index in [9.17, 15) is 5.11 Å². The molecule has 0 unspecified atom stereocenters. The van der Waals surface area contributed by atoms with Gasteiger partial charge in [0.25, 0.3) is 0 Å². The van der Waals surface area contributed by atoms with E-state index in [4.69, 9.17) is 11.0 Å². The molecule has 0 aliphatic carbocycles. The number of nitrogens with two attached hydrogens (primary N) is 1. The standard InChI is InChI=1S/C12H16N2O.ClH/c1-12(2,8-15)11(14)10-5-3-9(7-13)4-6-10;/h3-6,11,15H,8,14H2,1-2H3;1H/t11-;/m1./s1. The maximum Gasteiger partial charge on any atom is 0.0991 e. The van der Waals surface area contributed by atoms with Gasteiger partial charge in [0.1, 0.15) is 0 Å². The summed E-state index contributed by atoms with van der Waals surface area (Å²) in [6, 6.07) is 8.97. The number of hydrogen-bond donors (Lipinski definition) is 2. The predicted octanol–water partition coefficient (Wildman–Crippen LogP) is 2.00. The minimum absolute atomic E-state index is 0. The zero-order valence-electron chi connectivity index (χ0n) is 9.47. The smallest absolute Gasteiger partial charge is 0.0991 e. The molecule has 1 aromatic rings. The lowest BCUT2D eigenvalue weighted by Gasteiger charge is -2.29. The third-order valence-electron chi connectivity index (χ3n) is 2.65. The fourth-order valence-corrected chi connectivity index (χ4v) is 1.31. The monoisotopic (exact) mass is 240 g/mol. The molecule has 0 aliphatic rings. The van der Waals surface area contributed by atoms with E-state index in [1.807, 2.05) is 26.0 Å². The van der Waals surface area contributed by atoms with Crippen molar-refractivity contribution in [2.45, 2.75) is 19.9 Å². The van der Waals surface area contributed by atoms with Gasteiger partial charge in [-0.3, -0.25) is 0 Å². The molecule has 0 amide bonds. The van der Waals surface area contributed by atoms with Crippen molar-refractivity contribution in [1.82, 2.24) is 0 Å². The lowest BCUT2D eigenvalue weighted by molar-refractivity contribution is 0.132. The van der Waals surface area contributed by atoms with Crippen LogP contribution in [-0.2, 0) is 0 Å². The fourth-order valence-electron chi connectivity index (χ4n) is 1.31. The minimum atomic E-state index is -0.353. The number of halogens is 1. The van der Waals surface area contributed by atoms with Crippen LogP contribution in [0.4, 0.5) is 0 Å². The Balaban J connectivity index is 0.00000225. The first-order chi connectivity index (χ1) is 7.01. The number of nitrogens with zero attached hydrogens (tertiary/aromatic N) is 1. The quantitative estimate of drug-likeness (QED) is 0.849. The maximum atomic E-state index is 9.19. The van der Waals surface area contributed by atoms with Gasteiger partial charge in [0.15, 0.2) is 0 Å². The highest BCUT2D eigenvalue weighted by Gasteiger charge is 2.26. The summed E-state index contributed by atoms with van der Waals surface area (Å²) in [4.78, 5) is 0. The average Bonchev–Trinajstić information content (AvgIpc) is 2.28. The van der Waals surface area contributed by atoms with E-state index in [0.29, 0.717) is 5.56 Å². The van der Waals surface area contributed by atoms with Crippen molar-refractivity contribution in [3.05, 3.63) is 35.4 Å². The largest absolute Gasteiger partial charge is 0.396 e. The first-order valence-corrected chi connectivity index (χ1v) is 4.88. The van der Waals surface area contributed by atoms with Crippen molar-refractivity contribution in [2.24, 2.45) is 11.1 Å². The van der Waals surface area contributed by atoms with Crippen molar-refractivity contribution >= 4 is 12.4 Å². The van der Waals surface area contributed by atoms with Gasteiger partial charge in [-0.05, 0) is 17.7 Å². The molecule has 0 radical (unpaired) electrons. The molecule has 0 saturated carbocycles. The molecule has 1 rings (SSSR count). The number of nitriles is 1. The number of aliphatic hydroxyl groups excluding tert-OH is 1. The zero-order valence-corrected chi connectivity index (χ0v) is 10.3. The van der Waals surface area contributed by atoms with E-state index in [-0.39, 0.29) is 30.5 Å². The van der Waals surface area contributed by atoms with Gasteiger partial charge in [-0.25, -0.2) is 0 Å². The third kappa shape index (κ3) is 3.21. The Morgan fingerprint density at radius 3 is 2.25 bits per heavy atom. The summed E-state index contributed by atoms with van der Waals surface area (Å²) >= 11 is 0. The van der Waals surface area contributed by atoms with Crippen LogP contribution in [0.15, 0.2) is 24.3 Å². The van der Waals surface area contributed by atoms with Crippen LogP contribution >= 0.6 is 12.4 Å². The normalized spacial score (nSPS) is 12.4. The van der Waals surface area contributed by atoms with Gasteiger partial charge in [0.05, 0.1) is 11.6 Å². The number of benzene rings is 1. The lowest BCUT2D eigenvalue weighted by Crippen LogP contribution is -2.32. The van der Waals surface area contributed by atoms with Crippen LogP contribution in [0.25, 0.3) is 0 Å². The second-order valence-corrected chi connectivity index (χ2v) is 4.36. The highest BCUT2D eigenvalue weighted by atomic mass is 35.5. The molecular formula is C12H17ClN2O. The molecule has 1 atom stereocenters. The van der Waals surface area contributed by atoms with Crippen LogP contribution in [0, 0.1) is 16.7 Å². The van der Waals surface area contributed by atoms with Crippen LogP contribution in [0.5, 0.6) is 0 Å². The summed E-state index contributed by atoms with van der Waals surface area (Å²) < 4.78 is 0. The fraction of sp³-hybridized carbons (Fsp3) is 0.417. The SMILES string of the molecule is CC(C)(CO)[C@H](N)c1ccc(C#N)cc1.Cl. The highest BCUT2D eigenvalue weighted by molar-refractivity contribution is 5.85. The summed E-state index contributed by atoms with van der Waals surface area (Å²) in [6.45, 7) is 3.86. The molecule has 3 N–H and O–H groups in total. The molecule has 88 valence electrons. The minimum Gasteiger partial charge on any atom is -0.396 e. The molecule has 3 nitrogen and oxygen atoms in total. The van der Waals surface area contributed by atoms with E-state index in [2.05, 4.69) is 6.07 Å². The van der Waals surface area contributed by atoms with Gasteiger partial charge in [0, 0.05) is 18.1 Å². The molecule has 0 fully saturated rings. The average molecular weight is 241 g/mol. The Kier molecular flexibility index (Phi) is 5.46. The number of rotatable bonds is 3. The van der Waals surface area contributed by atoms with Crippen molar-refractivity contribution in [3.63, 3.8) is 0 Å². The third-order valence-corrected chi connectivity index (χ3v) is 2.65. The van der Waals surface area contributed by atoms with Crippen molar-refractivity contribution in [2.75, 3.05) is 6.61 Å². The molecule has 0 bridgehead atoms. The summed E-state index contributed by atoms with van der Waals surface area (Å²) in [5.74, 6) is 0. The van der Waals surface area contributed by atoms with Crippen molar-refractivity contribution < 1.29 is 5.11 Å². The van der Waals surface area contributed by atoms with Gasteiger partial charge in [-0.2, -0.15) is 5.26 Å². The van der Waals surface area contributed by atoms with E-state index >= 15 is 0 Å². The van der Waals surface area contributed by atoms with Gasteiger partial charge >= 0.3 is 0 Å². The predicted molar refractivity (Wildman–Crippen MR) is 66.2 cm³/mol. The Morgan fingerprint density at radius 2 is 1.88 bits per heavy atom. The molecule has 0 heterocycles. The molecule has 0 spiro atoms. The Labute approximate surface area is 102 Å². The zero-order chi connectivity index (χ0) is 11.5. The Bertz CT molecular complexity index is 368. The first-order valence-electron chi connectivity index (χ1n) is 4.88. The summed E-state index contributed by atoms with van der Waals surface area (Å²) in [6.07, 6.45) is 0. The van der Waals surface area contributed by atoms with Gasteiger partial charge in [0.2, 0.25) is 0 Å². The second-order valence-electron chi connectivity index (χ2n) is 4.36. The first kappa shape index (κ1) is 14.9. The highest BCUT2D eigenvalue weighted by Crippen LogP contribution is 2.30. The van der Waals surface area contributed by atoms with E-state index in [1.165, 1.54) is 0 Å². The summed E-state index contributed by atoms with van der Waals surface area (Å²) in [5.41, 5.74) is 7.24. The van der Waals surface area contributed by atoms with E-state index in [1.54, 1.807) is 12.1 Å². The van der Waals surface area contributed by atoms with Crippen LogP contribution in [-0.4, -0.2) is 11.7 Å². The summed E-state index contributed by atoms with van der Waals surface area (Å²) in [7, 11) is 0. The summed E-state index contributed by atoms with van der Waals surface area (Å²) in [5, 5.41) is 17.8. The Hall–Kier alpha value is -1.08. The second kappa shape index (κ2) is 5.86. The molecule has 16 heavy (non-hydrogen) atoms. The van der Waals surface area contributed by atoms with Crippen LogP contribution in [0.1, 0.15) is 31.0 Å². The molecule has 0 aliphatic heterocycles. The van der Waals surface area contributed by atoms with Crippen LogP contribution < -0.4 is 5.73 Å². The van der Waals surface area contributed by atoms with E-state index in [0.717, 1.165) is 5.56 Å². The molecule has 0 saturated heterocycles. The Morgan fingerprint density at radius 1 is 1.38 bits per heavy atom. The lowest BCUT2D eigenvalue weighted by atomic mass is 9.82. The number of aliphatic hydroxyl groups is 1. The molecule has 1 aromatic carbocycles. The van der Waals surface area contributed by atoms with Crippen molar-refractivity contribution in [1.29, 1.82) is 5.26 Å².